The van der Waals surface area contributed by atoms with Crippen LogP contribution in [0.5, 0.6) is 0 Å². The van der Waals surface area contributed by atoms with E-state index in [1.165, 1.54) is 16.2 Å². The first kappa shape index (κ1) is 21.3. The largest absolute Gasteiger partial charge is 0.384 e. The number of benzene rings is 1. The molecule has 3 amide bonds. The van der Waals surface area contributed by atoms with Crippen LogP contribution in [0.15, 0.2) is 48.6 Å². The molecular formula is C22H21ClN4O3S. The molecule has 1 aliphatic heterocycles. The number of nitrogens with zero attached hydrogens (tertiary/aromatic N) is 1. The lowest BCUT2D eigenvalue weighted by Crippen LogP contribution is -2.45. The molecule has 0 radical (unpaired) electrons. The van der Waals surface area contributed by atoms with Crippen molar-refractivity contribution in [3.8, 4) is 0 Å². The maximum Gasteiger partial charge on any atom is 0.261 e. The summed E-state index contributed by atoms with van der Waals surface area (Å²) in [7, 11) is 0. The van der Waals surface area contributed by atoms with Crippen LogP contribution in [0, 0.1) is 17.2 Å². The summed E-state index contributed by atoms with van der Waals surface area (Å²) in [6, 6.07) is 9.92. The van der Waals surface area contributed by atoms with Crippen molar-refractivity contribution in [2.75, 3.05) is 6.54 Å². The Bertz CT molecular complexity index is 1080. The van der Waals surface area contributed by atoms with Crippen LogP contribution in [-0.4, -0.2) is 41.0 Å². The molecule has 2 aromatic rings. The Balaban J connectivity index is 1.44. The molecule has 1 aliphatic carbocycles. The zero-order valence-corrected chi connectivity index (χ0v) is 18.1. The average Bonchev–Trinajstić information content (AvgIpc) is 3.29. The second kappa shape index (κ2) is 8.64. The summed E-state index contributed by atoms with van der Waals surface area (Å²) in [5.74, 6) is -1.83. The first-order valence-electron chi connectivity index (χ1n) is 9.86. The van der Waals surface area contributed by atoms with Gasteiger partial charge in [-0.1, -0.05) is 48.0 Å². The monoisotopic (exact) mass is 456 g/mol. The highest BCUT2D eigenvalue weighted by atomic mass is 35.5. The van der Waals surface area contributed by atoms with E-state index in [-0.39, 0.29) is 30.1 Å². The second-order valence-electron chi connectivity index (χ2n) is 7.59. The minimum absolute atomic E-state index is 0.00840. The molecule has 160 valence electrons. The first-order chi connectivity index (χ1) is 14.8. The number of nitrogens with one attached hydrogen (secondary N) is 2. The van der Waals surface area contributed by atoms with Gasteiger partial charge in [0.25, 0.3) is 5.91 Å². The van der Waals surface area contributed by atoms with Gasteiger partial charge in [-0.3, -0.25) is 24.7 Å². The van der Waals surface area contributed by atoms with Crippen LogP contribution in [0.4, 0.5) is 0 Å². The second-order valence-corrected chi connectivity index (χ2v) is 9.30. The summed E-state index contributed by atoms with van der Waals surface area (Å²) < 4.78 is 0.511. The SMILES string of the molecule is N=C(N)c1ccc(CCN2C(=O)[C@H]3[C@H](CC=C[C@H]3NC(=O)c3ccc(Cl)s3)C2=O)cc1. The van der Waals surface area contributed by atoms with Gasteiger partial charge in [-0.2, -0.15) is 0 Å². The van der Waals surface area contributed by atoms with Crippen molar-refractivity contribution in [1.82, 2.24) is 10.2 Å². The van der Waals surface area contributed by atoms with E-state index in [2.05, 4.69) is 5.32 Å². The normalized spacial score (nSPS) is 22.5. The van der Waals surface area contributed by atoms with Crippen molar-refractivity contribution in [2.45, 2.75) is 18.9 Å². The van der Waals surface area contributed by atoms with Crippen molar-refractivity contribution >= 4 is 46.5 Å². The van der Waals surface area contributed by atoms with Gasteiger partial charge in [0.2, 0.25) is 11.8 Å². The zero-order valence-electron chi connectivity index (χ0n) is 16.5. The van der Waals surface area contributed by atoms with E-state index in [0.29, 0.717) is 27.6 Å². The van der Waals surface area contributed by atoms with Crippen molar-refractivity contribution < 1.29 is 14.4 Å². The van der Waals surface area contributed by atoms with Crippen LogP contribution in [0.2, 0.25) is 4.34 Å². The molecule has 0 spiro atoms. The number of amides is 3. The van der Waals surface area contributed by atoms with E-state index >= 15 is 0 Å². The third-order valence-electron chi connectivity index (χ3n) is 5.67. The van der Waals surface area contributed by atoms with Crippen LogP contribution >= 0.6 is 22.9 Å². The van der Waals surface area contributed by atoms with E-state index in [1.54, 1.807) is 30.3 Å². The number of likely N-dealkylation sites (tertiary alicyclic amines) is 1. The van der Waals surface area contributed by atoms with Crippen LogP contribution in [-0.2, 0) is 16.0 Å². The van der Waals surface area contributed by atoms with Crippen LogP contribution in [0.1, 0.15) is 27.2 Å². The number of hydrogen-bond acceptors (Lipinski definition) is 5. The lowest BCUT2D eigenvalue weighted by molar-refractivity contribution is -0.139. The smallest absolute Gasteiger partial charge is 0.261 e. The minimum atomic E-state index is -0.600. The maximum atomic E-state index is 13.1. The van der Waals surface area contributed by atoms with Crippen molar-refractivity contribution in [2.24, 2.45) is 17.6 Å². The molecule has 1 fully saturated rings. The fourth-order valence-electron chi connectivity index (χ4n) is 4.07. The van der Waals surface area contributed by atoms with Crippen molar-refractivity contribution in [3.05, 3.63) is 68.9 Å². The van der Waals surface area contributed by atoms with Crippen LogP contribution in [0.3, 0.4) is 0 Å². The molecule has 2 aliphatic rings. The number of imide groups is 1. The van der Waals surface area contributed by atoms with Crippen molar-refractivity contribution in [1.29, 1.82) is 5.41 Å². The minimum Gasteiger partial charge on any atom is -0.384 e. The lowest BCUT2D eigenvalue weighted by atomic mass is 9.81. The number of amidine groups is 1. The van der Waals surface area contributed by atoms with E-state index in [4.69, 9.17) is 22.7 Å². The Morgan fingerprint density at radius 1 is 1.19 bits per heavy atom. The highest BCUT2D eigenvalue weighted by Gasteiger charge is 2.51. The molecule has 1 saturated heterocycles. The third kappa shape index (κ3) is 4.26. The lowest BCUT2D eigenvalue weighted by Gasteiger charge is -2.26. The standard InChI is InChI=1S/C22H21ClN4O3S/c23-17-9-8-16(31-17)20(28)26-15-3-1-2-14-18(15)22(30)27(21(14)29)11-10-12-4-6-13(7-5-12)19(24)25/h1,3-9,14-15,18H,2,10-11H2,(H3,24,25)(H,26,28)/t14-,15+,18-/m0/s1. The number of thiophene rings is 1. The van der Waals surface area contributed by atoms with Gasteiger partial charge in [0.1, 0.15) is 5.84 Å². The van der Waals surface area contributed by atoms with Gasteiger partial charge in [-0.15, -0.1) is 11.3 Å². The summed E-state index contributed by atoms with van der Waals surface area (Å²) in [5, 5.41) is 10.3. The zero-order chi connectivity index (χ0) is 22.1. The van der Waals surface area contributed by atoms with Crippen LogP contribution < -0.4 is 11.1 Å². The van der Waals surface area contributed by atoms with Gasteiger partial charge in [-0.05, 0) is 30.5 Å². The Labute approximate surface area is 188 Å². The molecule has 31 heavy (non-hydrogen) atoms. The third-order valence-corrected chi connectivity index (χ3v) is 6.90. The van der Waals surface area contributed by atoms with E-state index in [1.807, 2.05) is 18.2 Å². The fourth-order valence-corrected chi connectivity index (χ4v) is 5.01. The fraction of sp³-hybridized carbons (Fsp3) is 0.273. The quantitative estimate of drug-likeness (QED) is 0.268. The van der Waals surface area contributed by atoms with Crippen LogP contribution in [0.25, 0.3) is 0 Å². The van der Waals surface area contributed by atoms with Gasteiger partial charge < -0.3 is 11.1 Å². The molecule has 4 N–H and O–H groups in total. The van der Waals surface area contributed by atoms with E-state index < -0.39 is 17.9 Å². The predicted molar refractivity (Wildman–Crippen MR) is 119 cm³/mol. The number of fused-ring (bicyclic) bond motifs is 1. The Morgan fingerprint density at radius 3 is 2.58 bits per heavy atom. The molecular weight excluding hydrogens is 436 g/mol. The van der Waals surface area contributed by atoms with Gasteiger partial charge in [0.05, 0.1) is 27.1 Å². The number of carbonyl (C=O) groups is 3. The summed E-state index contributed by atoms with van der Waals surface area (Å²) >= 11 is 7.08. The van der Waals surface area contributed by atoms with E-state index in [0.717, 1.165) is 5.56 Å². The molecule has 0 unspecified atom stereocenters. The molecule has 9 heteroatoms. The number of rotatable bonds is 6. The molecule has 0 bridgehead atoms. The van der Waals surface area contributed by atoms with Gasteiger partial charge in [-0.25, -0.2) is 0 Å². The van der Waals surface area contributed by atoms with Gasteiger partial charge >= 0.3 is 0 Å². The Kier molecular flexibility index (Phi) is 5.93. The summed E-state index contributed by atoms with van der Waals surface area (Å²) in [6.45, 7) is 0.269. The topological polar surface area (TPSA) is 116 Å². The molecule has 3 atom stereocenters. The number of hydrogen-bond donors (Lipinski definition) is 3. The number of nitrogen functional groups attached to an aromatic ring is 1. The average molecular weight is 457 g/mol. The maximum absolute atomic E-state index is 13.1. The highest BCUT2D eigenvalue weighted by Crippen LogP contribution is 2.36. The molecule has 1 aromatic carbocycles. The highest BCUT2D eigenvalue weighted by molar-refractivity contribution is 7.18. The number of nitrogens with two attached hydrogens (primary N) is 1. The molecule has 1 aromatic heterocycles. The van der Waals surface area contributed by atoms with Gasteiger partial charge in [0, 0.05) is 12.1 Å². The molecule has 2 heterocycles. The van der Waals surface area contributed by atoms with Gasteiger partial charge in [0.15, 0.2) is 0 Å². The Hall–Kier alpha value is -2.97. The number of carbonyl (C=O) groups excluding carboxylic acids is 3. The number of allylic oxidation sites excluding steroid dienone is 1. The first-order valence-corrected chi connectivity index (χ1v) is 11.1. The van der Waals surface area contributed by atoms with Crippen molar-refractivity contribution in [3.63, 3.8) is 0 Å². The van der Waals surface area contributed by atoms with E-state index in [9.17, 15) is 14.4 Å². The molecule has 4 rings (SSSR count). The number of halogens is 1. The summed E-state index contributed by atoms with van der Waals surface area (Å²) in [5.41, 5.74) is 7.04. The molecule has 7 nitrogen and oxygen atoms in total. The molecule has 0 saturated carbocycles. The summed E-state index contributed by atoms with van der Waals surface area (Å²) in [6.07, 6.45) is 4.63. The predicted octanol–water partition coefficient (Wildman–Crippen LogP) is 2.59. The Morgan fingerprint density at radius 2 is 1.94 bits per heavy atom. The summed E-state index contributed by atoms with van der Waals surface area (Å²) in [4.78, 5) is 40.3.